The maximum atomic E-state index is 15.8. The van der Waals surface area contributed by atoms with Crippen LogP contribution in [0.15, 0.2) is 11.6 Å². The molecule has 0 spiro atoms. The minimum atomic E-state index is -2.14. The van der Waals surface area contributed by atoms with Crippen LogP contribution in [0.25, 0.3) is 0 Å². The first-order valence-electron chi connectivity index (χ1n) is 36.6. The molecule has 604 valence electrons. The third kappa shape index (κ3) is 13.8. The molecule has 0 unspecified atom stereocenters. The maximum Gasteiger partial charge on any atom is 0.317 e. The van der Waals surface area contributed by atoms with Crippen molar-refractivity contribution in [3.05, 3.63) is 11.6 Å². The number of allylic oxidation sites excluding steroid dienone is 2. The van der Waals surface area contributed by atoms with E-state index in [9.17, 15) is 107 Å². The van der Waals surface area contributed by atoms with E-state index < -0.39 is 310 Å². The van der Waals surface area contributed by atoms with Gasteiger partial charge >= 0.3 is 5.97 Å². The van der Waals surface area contributed by atoms with Crippen LogP contribution in [0.5, 0.6) is 0 Å². The molecule has 7 aliphatic heterocycles. The molecule has 0 amide bonds. The van der Waals surface area contributed by atoms with Crippen molar-refractivity contribution in [2.45, 2.75) is 322 Å². The minimum absolute atomic E-state index is 0.0580. The fraction of sp³-hybridized carbons (Fsp3) is 0.957. The van der Waals surface area contributed by atoms with Gasteiger partial charge in [-0.25, -0.2) is 0 Å². The van der Waals surface area contributed by atoms with Crippen LogP contribution in [0.3, 0.4) is 0 Å². The highest BCUT2D eigenvalue weighted by Gasteiger charge is 2.75. The van der Waals surface area contributed by atoms with Gasteiger partial charge in [-0.3, -0.25) is 4.79 Å². The quantitative estimate of drug-likeness (QED) is 0.0365. The number of hydrogen-bond donors (Lipinski definition) is 21. The Morgan fingerprint density at radius 1 is 0.486 bits per heavy atom. The van der Waals surface area contributed by atoms with E-state index in [1.54, 1.807) is 6.92 Å². The van der Waals surface area contributed by atoms with Gasteiger partial charge in [-0.2, -0.15) is 0 Å². The second kappa shape index (κ2) is 30.3. The average Bonchev–Trinajstić information content (AvgIpc) is 1.02. The third-order valence-corrected chi connectivity index (χ3v) is 26.6. The summed E-state index contributed by atoms with van der Waals surface area (Å²) in [6.45, 7) is 11.5. The van der Waals surface area contributed by atoms with Crippen molar-refractivity contribution in [1.82, 2.24) is 0 Å². The molecule has 12 aliphatic rings. The monoisotopic (exact) mass is 1520 g/mol. The van der Waals surface area contributed by atoms with Crippen molar-refractivity contribution in [3.63, 3.8) is 0 Å². The summed E-state index contributed by atoms with van der Waals surface area (Å²) < 4.78 is 83.8. The molecule has 0 aromatic carbocycles. The molecule has 0 bridgehead atoms. The van der Waals surface area contributed by atoms with E-state index in [0.717, 1.165) is 5.57 Å². The summed E-state index contributed by atoms with van der Waals surface area (Å²) >= 11 is 0. The molecule has 36 nitrogen and oxygen atoms in total. The lowest BCUT2D eigenvalue weighted by molar-refractivity contribution is -0.395. The molecule has 12 rings (SSSR count). The first kappa shape index (κ1) is 82.3. The molecule has 36 heteroatoms. The summed E-state index contributed by atoms with van der Waals surface area (Å²) in [5.74, 6) is -3.02. The second-order valence-corrected chi connectivity index (χ2v) is 33.7. The zero-order valence-electron chi connectivity index (χ0n) is 60.1. The van der Waals surface area contributed by atoms with E-state index in [4.69, 9.17) is 66.3 Å². The number of hydrogen-bond acceptors (Lipinski definition) is 36. The van der Waals surface area contributed by atoms with E-state index >= 15 is 4.79 Å². The molecule has 43 atom stereocenters. The molecule has 21 N–H and O–H groups in total. The molecule has 7 saturated heterocycles. The average molecular weight is 1520 g/mol. The fourth-order valence-electron chi connectivity index (χ4n) is 20.4. The molecule has 5 aliphatic carbocycles. The van der Waals surface area contributed by atoms with Gasteiger partial charge in [0.1, 0.15) is 127 Å². The zero-order valence-corrected chi connectivity index (χ0v) is 60.1. The van der Waals surface area contributed by atoms with Gasteiger partial charge in [0.2, 0.25) is 6.29 Å². The predicted molar refractivity (Wildman–Crippen MR) is 344 cm³/mol. The number of esters is 1. The van der Waals surface area contributed by atoms with E-state index in [-0.39, 0.29) is 25.7 Å². The number of carbonyl (C=O) groups is 1. The number of fused-ring (bicyclic) bond motifs is 7. The van der Waals surface area contributed by atoms with Crippen LogP contribution in [-0.2, 0) is 71.1 Å². The number of carbonyl (C=O) groups excluding carboxylic acids is 1. The van der Waals surface area contributed by atoms with Crippen molar-refractivity contribution in [3.8, 4) is 0 Å². The highest BCUT2D eigenvalue weighted by Crippen LogP contribution is 2.76. The normalized spacial score (nSPS) is 56.5. The minimum Gasteiger partial charge on any atom is -0.432 e. The van der Waals surface area contributed by atoms with E-state index in [0.29, 0.717) is 19.3 Å². The van der Waals surface area contributed by atoms with Crippen LogP contribution in [0.1, 0.15) is 107 Å². The van der Waals surface area contributed by atoms with Crippen molar-refractivity contribution in [2.75, 3.05) is 39.6 Å². The Morgan fingerprint density at radius 3 is 1.64 bits per heavy atom. The van der Waals surface area contributed by atoms with Gasteiger partial charge in [0.05, 0.1) is 82.4 Å². The van der Waals surface area contributed by atoms with Crippen LogP contribution >= 0.6 is 0 Å². The summed E-state index contributed by atoms with van der Waals surface area (Å²) in [4.78, 5) is 15.8. The molecular weight excluding hydrogens is 1400 g/mol. The first-order valence-corrected chi connectivity index (χ1v) is 36.6. The second-order valence-electron chi connectivity index (χ2n) is 33.7. The summed E-state index contributed by atoms with van der Waals surface area (Å²) in [6, 6.07) is 0. The van der Waals surface area contributed by atoms with Crippen LogP contribution in [0.2, 0.25) is 0 Å². The SMILES string of the molecule is C[C@@H]1O[C@@H](O[C@@H]2[C@@H](O)[C@H](O[C@@H]3[C@@H](O[C@@H]4O[C@@H](C)[C@H](O)[C@@H](O)[C@H]4O)[C@@H](O)[C@H](O[C@H]4[C@H](OC(=O)[C@]56CCC(C)(C)C[C@H]5C5=CC[C@@H]7[C@@]8(C)C[C@H](O)[C@H](O[C@@H]9O[C@H](CO)[C@@H](O)[C@H](O[C@@H]%10OC[C@](O)(CO)[C@H]%10O)[C@H]9O)[C@@](C)(CO)[C@@H]8[C@H](O)C[C@@]7(C)[C@]5(C)C[C@H]6O)OC[C@H](O)[C@@H]4O)O[C@H]3C)OC[C@H]2O)[C@H](O)[C@H](O)[C@H]1O. The topological polar surface area (TPSA) is 571 Å². The largest absolute Gasteiger partial charge is 0.432 e. The molecule has 11 fully saturated rings. The van der Waals surface area contributed by atoms with Crippen LogP contribution < -0.4 is 0 Å². The predicted octanol–water partition coefficient (Wildman–Crippen LogP) is -7.68. The number of aliphatic hydroxyl groups excluding tert-OH is 20. The Bertz CT molecular complexity index is 3030. The molecule has 4 saturated carbocycles. The van der Waals surface area contributed by atoms with Gasteiger partial charge in [0.25, 0.3) is 0 Å². The van der Waals surface area contributed by atoms with Crippen molar-refractivity contribution in [1.29, 1.82) is 0 Å². The maximum absolute atomic E-state index is 15.8. The Kier molecular flexibility index (Phi) is 23.8. The molecule has 105 heavy (non-hydrogen) atoms. The summed E-state index contributed by atoms with van der Waals surface area (Å²) in [5.41, 5.74) is -8.09. The fourth-order valence-corrected chi connectivity index (χ4v) is 20.4. The van der Waals surface area contributed by atoms with Crippen LogP contribution in [-0.4, -0.2) is 367 Å². The smallest absolute Gasteiger partial charge is 0.317 e. The Hall–Kier alpha value is -2.15. The Morgan fingerprint density at radius 2 is 1.03 bits per heavy atom. The standard InChI is InChI=1S/C69H112O36/c1-24-36(78)40(82)42(84)56(95-24)100-48-32(76)20-92-55(44(48)86)99-47-26(3)97-58(46(88)50(47)102-57-43(85)41(83)37(79)25(2)96-57)103-51-38(80)31(75)19-93-60(51)105-62(90)69-13-12-63(4,5)14-28(69)27-10-11-34-64(6)15-30(74)54(65(7,21-71)52(64)29(73)16-67(34,9)66(27,8)17-35(69)77)104-59-45(87)49(39(81)33(18-70)98-59)101-61-53(89)68(91,22-72)23-94-61/h10,24-26,28-61,70-89,91H,11-23H2,1-9H3/t24-,25-,26-,28-,29+,30-,31-,32+,33+,34+,35+,36-,37-,38-,39+,40+,41+,42+,43+,44+,45+,46+,47-,48-,49-,50-,51+,52+,53-,54-,55-,56-,57-,58-,59-,60-,61-,64+,65-,66+,67+,68+,69+/m0/s1. The van der Waals surface area contributed by atoms with E-state index in [1.807, 2.05) is 34.6 Å². The third-order valence-electron chi connectivity index (χ3n) is 26.6. The van der Waals surface area contributed by atoms with Gasteiger partial charge in [0.15, 0.2) is 43.8 Å². The summed E-state index contributed by atoms with van der Waals surface area (Å²) in [5, 5.41) is 238. The summed E-state index contributed by atoms with van der Waals surface area (Å²) in [6.07, 6.45) is -54.8. The Balaban J connectivity index is 0.792. The molecular formula is C69H112O36. The van der Waals surface area contributed by atoms with E-state index in [2.05, 4.69) is 6.08 Å². The number of rotatable bonds is 17. The van der Waals surface area contributed by atoms with Gasteiger partial charge in [0, 0.05) is 11.3 Å². The molecule has 0 radical (unpaired) electrons. The Labute approximate surface area is 605 Å². The molecule has 0 aromatic rings. The van der Waals surface area contributed by atoms with Gasteiger partial charge in [-0.15, -0.1) is 0 Å². The lowest BCUT2D eigenvalue weighted by Crippen LogP contribution is -2.73. The number of ether oxygens (including phenoxy) is 14. The van der Waals surface area contributed by atoms with Gasteiger partial charge in [-0.05, 0) is 99.2 Å². The highest BCUT2D eigenvalue weighted by molar-refractivity contribution is 5.80. The lowest BCUT2D eigenvalue weighted by Gasteiger charge is -2.73. The van der Waals surface area contributed by atoms with Gasteiger partial charge < -0.3 is 174 Å². The van der Waals surface area contributed by atoms with Crippen LogP contribution in [0.4, 0.5) is 0 Å². The van der Waals surface area contributed by atoms with Crippen molar-refractivity contribution < 1.29 is 178 Å². The van der Waals surface area contributed by atoms with Crippen LogP contribution in [0, 0.1) is 50.2 Å². The van der Waals surface area contributed by atoms with Gasteiger partial charge in [-0.1, -0.05) is 53.2 Å². The van der Waals surface area contributed by atoms with Crippen molar-refractivity contribution >= 4 is 5.97 Å². The zero-order chi connectivity index (χ0) is 76.8. The lowest BCUT2D eigenvalue weighted by atomic mass is 9.32. The van der Waals surface area contributed by atoms with E-state index in [1.165, 1.54) is 20.8 Å². The first-order chi connectivity index (χ1) is 49.1. The molecule has 7 heterocycles. The number of aliphatic hydroxyl groups is 21. The summed E-state index contributed by atoms with van der Waals surface area (Å²) in [7, 11) is 0. The van der Waals surface area contributed by atoms with Crippen molar-refractivity contribution in [2.24, 2.45) is 50.2 Å². The molecule has 0 aromatic heterocycles. The highest BCUT2D eigenvalue weighted by atomic mass is 16.8.